The van der Waals surface area contributed by atoms with Crippen molar-refractivity contribution in [2.24, 2.45) is 0 Å². The second-order valence-electron chi connectivity index (χ2n) is 7.64. The summed E-state index contributed by atoms with van der Waals surface area (Å²) in [5, 5.41) is 4.07. The maximum Gasteiger partial charge on any atom is 0.135 e. The first-order chi connectivity index (χ1) is 15.2. The summed E-state index contributed by atoms with van der Waals surface area (Å²) < 4.78 is 33.9. The molecule has 1 aromatic heterocycles. The summed E-state index contributed by atoms with van der Waals surface area (Å²) in [5.41, 5.74) is 4.95. The van der Waals surface area contributed by atoms with Gasteiger partial charge in [0.05, 0.1) is 0 Å². The molecular weight excluding hydrogens is 390 g/mol. The fraction of sp³-hybridized carbons (Fsp3) is 0. The van der Waals surface area contributed by atoms with Crippen LogP contribution in [-0.2, 0) is 0 Å². The number of halogens is 2. The van der Waals surface area contributed by atoms with Crippen molar-refractivity contribution in [1.29, 1.82) is 0 Å². The minimum absolute atomic E-state index is 0.389. The number of benzene rings is 5. The zero-order chi connectivity index (χ0) is 20.9. The summed E-state index contributed by atoms with van der Waals surface area (Å²) in [7, 11) is 0. The predicted molar refractivity (Wildman–Crippen MR) is 122 cm³/mol. The Morgan fingerprint density at radius 3 is 1.94 bits per heavy atom. The molecule has 0 bridgehead atoms. The average molecular weight is 406 g/mol. The van der Waals surface area contributed by atoms with Gasteiger partial charge in [-0.15, -0.1) is 0 Å². The summed E-state index contributed by atoms with van der Waals surface area (Å²) in [6.45, 7) is 0. The quantitative estimate of drug-likeness (QED) is 0.282. The van der Waals surface area contributed by atoms with Crippen LogP contribution in [0.5, 0.6) is 0 Å². The molecule has 0 N–H and O–H groups in total. The number of furan rings is 1. The fourth-order valence-electron chi connectivity index (χ4n) is 4.39. The van der Waals surface area contributed by atoms with E-state index < -0.39 is 11.6 Å². The highest BCUT2D eigenvalue weighted by atomic mass is 19.1. The van der Waals surface area contributed by atoms with E-state index in [1.54, 1.807) is 0 Å². The minimum Gasteiger partial charge on any atom is -0.456 e. The van der Waals surface area contributed by atoms with Crippen LogP contribution >= 0.6 is 0 Å². The Labute approximate surface area is 177 Å². The highest BCUT2D eigenvalue weighted by Gasteiger charge is 2.14. The van der Waals surface area contributed by atoms with Crippen LogP contribution in [0.1, 0.15) is 0 Å². The van der Waals surface area contributed by atoms with Gasteiger partial charge in [-0.3, -0.25) is 0 Å². The summed E-state index contributed by atoms with van der Waals surface area (Å²) >= 11 is 0. The van der Waals surface area contributed by atoms with Crippen molar-refractivity contribution in [2.75, 3.05) is 0 Å². The van der Waals surface area contributed by atoms with Gasteiger partial charge in [-0.25, -0.2) is 8.78 Å². The summed E-state index contributed by atoms with van der Waals surface area (Å²) in [6, 6.07) is 29.7. The number of rotatable bonds is 2. The topological polar surface area (TPSA) is 13.1 Å². The first kappa shape index (κ1) is 17.8. The van der Waals surface area contributed by atoms with Crippen molar-refractivity contribution >= 4 is 32.7 Å². The molecule has 0 spiro atoms. The van der Waals surface area contributed by atoms with Crippen molar-refractivity contribution in [3.05, 3.63) is 109 Å². The molecule has 148 valence electrons. The van der Waals surface area contributed by atoms with E-state index >= 15 is 0 Å². The van der Waals surface area contributed by atoms with E-state index in [4.69, 9.17) is 4.42 Å². The third-order valence-electron chi connectivity index (χ3n) is 5.83. The zero-order valence-corrected chi connectivity index (χ0v) is 16.4. The largest absolute Gasteiger partial charge is 0.456 e. The van der Waals surface area contributed by atoms with Gasteiger partial charge >= 0.3 is 0 Å². The first-order valence-corrected chi connectivity index (χ1v) is 10.1. The van der Waals surface area contributed by atoms with Crippen molar-refractivity contribution in [3.63, 3.8) is 0 Å². The van der Waals surface area contributed by atoms with Crippen LogP contribution in [0.15, 0.2) is 101 Å². The molecule has 0 atom stereocenters. The van der Waals surface area contributed by atoms with Crippen LogP contribution in [0.25, 0.3) is 55.0 Å². The first-order valence-electron chi connectivity index (χ1n) is 10.1. The molecule has 0 saturated heterocycles. The molecule has 1 nitrogen and oxygen atoms in total. The van der Waals surface area contributed by atoms with E-state index in [2.05, 4.69) is 12.1 Å². The summed E-state index contributed by atoms with van der Waals surface area (Å²) in [5.74, 6) is -1.15. The molecule has 1 heterocycles. The van der Waals surface area contributed by atoms with Gasteiger partial charge in [-0.05, 0) is 57.8 Å². The lowest BCUT2D eigenvalue weighted by Gasteiger charge is -2.13. The number of fused-ring (bicyclic) bond motifs is 4. The Kier molecular flexibility index (Phi) is 3.90. The lowest BCUT2D eigenvalue weighted by atomic mass is 9.91. The van der Waals surface area contributed by atoms with Crippen molar-refractivity contribution < 1.29 is 13.2 Å². The summed E-state index contributed by atoms with van der Waals surface area (Å²) in [6.07, 6.45) is 0. The Morgan fingerprint density at radius 2 is 1.13 bits per heavy atom. The fourth-order valence-corrected chi connectivity index (χ4v) is 4.39. The smallest absolute Gasteiger partial charge is 0.135 e. The van der Waals surface area contributed by atoms with Gasteiger partial charge in [0.25, 0.3) is 0 Å². The molecular formula is C28H16F2O. The van der Waals surface area contributed by atoms with Gasteiger partial charge < -0.3 is 4.42 Å². The van der Waals surface area contributed by atoms with Gasteiger partial charge in [-0.2, -0.15) is 0 Å². The molecule has 6 rings (SSSR count). The van der Waals surface area contributed by atoms with E-state index in [1.165, 1.54) is 12.1 Å². The average Bonchev–Trinajstić information content (AvgIpc) is 3.17. The number of hydrogen-bond acceptors (Lipinski definition) is 1. The molecule has 0 saturated carbocycles. The SMILES string of the molecule is Fc1ccc(-c2ccc(-c3ccc4oc5ccccc5c4c3)c3ccccc23)c(F)c1. The number of hydrogen-bond donors (Lipinski definition) is 0. The third-order valence-corrected chi connectivity index (χ3v) is 5.83. The van der Waals surface area contributed by atoms with Crippen LogP contribution in [0.4, 0.5) is 8.78 Å². The van der Waals surface area contributed by atoms with Gasteiger partial charge in [0.1, 0.15) is 22.8 Å². The van der Waals surface area contributed by atoms with E-state index in [0.29, 0.717) is 5.56 Å². The molecule has 0 radical (unpaired) electrons. The van der Waals surface area contributed by atoms with Gasteiger partial charge in [0, 0.05) is 22.4 Å². The van der Waals surface area contributed by atoms with Crippen LogP contribution in [0, 0.1) is 11.6 Å². The zero-order valence-electron chi connectivity index (χ0n) is 16.4. The molecule has 6 aromatic rings. The Bertz CT molecular complexity index is 1610. The molecule has 31 heavy (non-hydrogen) atoms. The van der Waals surface area contributed by atoms with E-state index in [1.807, 2.05) is 66.7 Å². The lowest BCUT2D eigenvalue weighted by molar-refractivity contribution is 0.585. The van der Waals surface area contributed by atoms with E-state index in [-0.39, 0.29) is 0 Å². The van der Waals surface area contributed by atoms with E-state index in [9.17, 15) is 8.78 Å². The molecule has 0 fully saturated rings. The van der Waals surface area contributed by atoms with Crippen LogP contribution in [0.2, 0.25) is 0 Å². The van der Waals surface area contributed by atoms with Gasteiger partial charge in [0.2, 0.25) is 0 Å². The van der Waals surface area contributed by atoms with Crippen molar-refractivity contribution in [1.82, 2.24) is 0 Å². The van der Waals surface area contributed by atoms with Crippen LogP contribution in [-0.4, -0.2) is 0 Å². The standard InChI is InChI=1S/C28H16F2O/c29-18-10-11-23(26(30)16-18)22-13-12-19(20-5-1-2-6-21(20)22)17-9-14-28-25(15-17)24-7-3-4-8-27(24)31-28/h1-16H. The highest BCUT2D eigenvalue weighted by molar-refractivity contribution is 6.09. The molecule has 5 aromatic carbocycles. The Morgan fingerprint density at radius 1 is 0.484 bits per heavy atom. The minimum atomic E-state index is -0.581. The van der Waals surface area contributed by atoms with Crippen LogP contribution < -0.4 is 0 Å². The molecule has 0 unspecified atom stereocenters. The summed E-state index contributed by atoms with van der Waals surface area (Å²) in [4.78, 5) is 0. The van der Waals surface area contributed by atoms with Crippen molar-refractivity contribution in [2.45, 2.75) is 0 Å². The van der Waals surface area contributed by atoms with Gasteiger partial charge in [-0.1, -0.05) is 60.7 Å². The maximum absolute atomic E-state index is 14.5. The molecule has 3 heteroatoms. The molecule has 0 amide bonds. The predicted octanol–water partition coefficient (Wildman–Crippen LogP) is 8.35. The Balaban J connectivity index is 1.60. The van der Waals surface area contributed by atoms with E-state index in [0.717, 1.165) is 55.5 Å². The normalized spacial score (nSPS) is 11.5. The second kappa shape index (κ2) is 6.78. The molecule has 0 aliphatic rings. The highest BCUT2D eigenvalue weighted by Crippen LogP contribution is 2.38. The number of para-hydroxylation sites is 1. The maximum atomic E-state index is 14.5. The monoisotopic (exact) mass is 406 g/mol. The van der Waals surface area contributed by atoms with Crippen LogP contribution in [0.3, 0.4) is 0 Å². The van der Waals surface area contributed by atoms with Crippen molar-refractivity contribution in [3.8, 4) is 22.3 Å². The second-order valence-corrected chi connectivity index (χ2v) is 7.64. The molecule has 0 aliphatic carbocycles. The molecule has 0 aliphatic heterocycles. The Hall–Kier alpha value is -3.98. The third kappa shape index (κ3) is 2.82. The lowest BCUT2D eigenvalue weighted by Crippen LogP contribution is -1.90. The van der Waals surface area contributed by atoms with Gasteiger partial charge in [0.15, 0.2) is 0 Å².